The maximum Gasteiger partial charge on any atom is 0.237 e. The molecule has 0 aliphatic carbocycles. The predicted octanol–water partition coefficient (Wildman–Crippen LogP) is 1.03. The van der Waals surface area contributed by atoms with Crippen LogP contribution < -0.4 is 16.4 Å². The van der Waals surface area contributed by atoms with Gasteiger partial charge < -0.3 is 16.4 Å². The van der Waals surface area contributed by atoms with Crippen LogP contribution in [0, 0.1) is 11.3 Å². The molecule has 21 heavy (non-hydrogen) atoms. The van der Waals surface area contributed by atoms with E-state index in [1.165, 1.54) is 6.20 Å². The van der Waals surface area contributed by atoms with Gasteiger partial charge in [0, 0.05) is 18.4 Å². The molecule has 106 valence electrons. The Morgan fingerprint density at radius 1 is 1.33 bits per heavy atom. The number of amides is 1. The van der Waals surface area contributed by atoms with Gasteiger partial charge in [-0.15, -0.1) is 0 Å². The number of primary amides is 1. The maximum atomic E-state index is 11.3. The summed E-state index contributed by atoms with van der Waals surface area (Å²) in [5, 5.41) is 8.95. The Balaban J connectivity index is 2.29. The zero-order valence-corrected chi connectivity index (χ0v) is 11.4. The Hall–Kier alpha value is -3.07. The molecule has 2 aromatic rings. The van der Waals surface area contributed by atoms with Crippen LogP contribution in [0.15, 0.2) is 42.6 Å². The number of carbonyl (C=O) groups excluding carboxylic acids is 1. The molecule has 1 aromatic heterocycles. The summed E-state index contributed by atoms with van der Waals surface area (Å²) in [4.78, 5) is 17.2. The van der Waals surface area contributed by atoms with E-state index in [1.807, 2.05) is 24.3 Å². The summed E-state index contributed by atoms with van der Waals surface area (Å²) >= 11 is 0. The van der Waals surface area contributed by atoms with Gasteiger partial charge in [-0.1, -0.05) is 12.1 Å². The summed E-state index contributed by atoms with van der Waals surface area (Å²) in [6.45, 7) is 0.437. The number of carbonyl (C=O) groups is 1. The van der Waals surface area contributed by atoms with Gasteiger partial charge in [-0.3, -0.25) is 4.79 Å². The first-order chi connectivity index (χ1) is 10.1. The van der Waals surface area contributed by atoms with Crippen LogP contribution in [0.25, 0.3) is 0 Å². The zero-order valence-electron chi connectivity index (χ0n) is 11.4. The van der Waals surface area contributed by atoms with E-state index >= 15 is 0 Å². The van der Waals surface area contributed by atoms with Gasteiger partial charge in [0.2, 0.25) is 5.91 Å². The van der Waals surface area contributed by atoms with Crippen molar-refractivity contribution in [1.29, 1.82) is 5.26 Å². The lowest BCUT2D eigenvalue weighted by atomic mass is 10.2. The fourth-order valence-electron chi connectivity index (χ4n) is 1.98. The van der Waals surface area contributed by atoms with Crippen molar-refractivity contribution in [2.75, 3.05) is 17.2 Å². The van der Waals surface area contributed by atoms with Crippen LogP contribution in [-0.4, -0.2) is 17.4 Å². The van der Waals surface area contributed by atoms with Gasteiger partial charge in [0.15, 0.2) is 0 Å². The molecule has 1 amide bonds. The maximum absolute atomic E-state index is 11.3. The minimum Gasteiger partial charge on any atom is -0.399 e. The quantitative estimate of drug-likeness (QED) is 0.795. The largest absolute Gasteiger partial charge is 0.399 e. The molecule has 0 saturated heterocycles. The van der Waals surface area contributed by atoms with Crippen molar-refractivity contribution in [2.24, 2.45) is 5.73 Å². The highest BCUT2D eigenvalue weighted by Gasteiger charge is 2.12. The second-order valence-corrected chi connectivity index (χ2v) is 4.58. The van der Waals surface area contributed by atoms with E-state index in [9.17, 15) is 4.79 Å². The smallest absolute Gasteiger partial charge is 0.237 e. The van der Waals surface area contributed by atoms with E-state index in [4.69, 9.17) is 16.7 Å². The second-order valence-electron chi connectivity index (χ2n) is 4.58. The summed E-state index contributed by atoms with van der Waals surface area (Å²) in [5.41, 5.74) is 13.1. The summed E-state index contributed by atoms with van der Waals surface area (Å²) in [6, 6.07) is 12.6. The minimum absolute atomic E-state index is 0.0106. The summed E-state index contributed by atoms with van der Waals surface area (Å²) < 4.78 is 0. The topological polar surface area (TPSA) is 109 Å². The number of nitrogen functional groups attached to an aromatic ring is 1. The lowest BCUT2D eigenvalue weighted by Gasteiger charge is -2.22. The van der Waals surface area contributed by atoms with Crippen molar-refractivity contribution in [1.82, 2.24) is 4.98 Å². The highest BCUT2D eigenvalue weighted by atomic mass is 16.1. The zero-order chi connectivity index (χ0) is 15.2. The van der Waals surface area contributed by atoms with Crippen LogP contribution in [0.3, 0.4) is 0 Å². The van der Waals surface area contributed by atoms with Crippen molar-refractivity contribution < 1.29 is 4.79 Å². The third-order valence-electron chi connectivity index (χ3n) is 2.87. The number of aromatic nitrogens is 1. The molecule has 0 saturated carbocycles. The first-order valence-electron chi connectivity index (χ1n) is 6.32. The number of nitrogens with two attached hydrogens (primary N) is 2. The van der Waals surface area contributed by atoms with Gasteiger partial charge in [0.1, 0.15) is 5.82 Å². The van der Waals surface area contributed by atoms with Crippen molar-refractivity contribution in [3.05, 3.63) is 53.7 Å². The van der Waals surface area contributed by atoms with Gasteiger partial charge in [-0.05, 0) is 29.8 Å². The number of benzene rings is 1. The molecule has 0 unspecified atom stereocenters. The molecule has 6 heteroatoms. The van der Waals surface area contributed by atoms with Gasteiger partial charge in [0.05, 0.1) is 18.2 Å². The molecule has 1 aromatic carbocycles. The average Bonchev–Trinajstić information content (AvgIpc) is 2.46. The van der Waals surface area contributed by atoms with Crippen LogP contribution in [0.2, 0.25) is 0 Å². The Labute approximate surface area is 122 Å². The summed E-state index contributed by atoms with van der Waals surface area (Å²) in [7, 11) is 0. The second kappa shape index (κ2) is 6.39. The molecule has 0 aliphatic heterocycles. The third-order valence-corrected chi connectivity index (χ3v) is 2.87. The number of hydrogen-bond acceptors (Lipinski definition) is 5. The Bertz CT molecular complexity index is 692. The van der Waals surface area contributed by atoms with E-state index in [2.05, 4.69) is 4.98 Å². The summed E-state index contributed by atoms with van der Waals surface area (Å²) in [6.07, 6.45) is 1.53. The van der Waals surface area contributed by atoms with Crippen LogP contribution >= 0.6 is 0 Å². The van der Waals surface area contributed by atoms with Gasteiger partial charge in [0.25, 0.3) is 0 Å². The first kappa shape index (κ1) is 14.3. The molecule has 6 nitrogen and oxygen atoms in total. The molecule has 0 bridgehead atoms. The van der Waals surface area contributed by atoms with Crippen molar-refractivity contribution >= 4 is 17.4 Å². The van der Waals surface area contributed by atoms with Crippen LogP contribution in [0.1, 0.15) is 11.1 Å². The van der Waals surface area contributed by atoms with Crippen LogP contribution in [-0.2, 0) is 11.3 Å². The molecule has 4 N–H and O–H groups in total. The fraction of sp³-hybridized carbons (Fsp3) is 0.133. The lowest BCUT2D eigenvalue weighted by molar-refractivity contribution is -0.116. The van der Waals surface area contributed by atoms with E-state index in [-0.39, 0.29) is 6.54 Å². The normalized spacial score (nSPS) is 9.86. The average molecular weight is 281 g/mol. The Morgan fingerprint density at radius 2 is 2.14 bits per heavy atom. The van der Waals surface area contributed by atoms with E-state index in [1.54, 1.807) is 23.1 Å². The number of pyridine rings is 1. The summed E-state index contributed by atoms with van der Waals surface area (Å²) in [5.74, 6) is 0.0540. The highest BCUT2D eigenvalue weighted by molar-refractivity contribution is 5.79. The molecule has 0 aliphatic rings. The number of rotatable bonds is 5. The van der Waals surface area contributed by atoms with Crippen molar-refractivity contribution in [2.45, 2.75) is 6.54 Å². The molecule has 0 radical (unpaired) electrons. The molecule has 0 atom stereocenters. The van der Waals surface area contributed by atoms with E-state index < -0.39 is 5.91 Å². The minimum atomic E-state index is -0.469. The number of nitrogens with zero attached hydrogens (tertiary/aromatic N) is 3. The standard InChI is InChI=1S/C15H15N5O/c16-8-11-4-5-19-15(7-11)20(10-14(18)21)9-12-2-1-3-13(17)6-12/h1-7H,9-10,17H2,(H2,18,21). The van der Waals surface area contributed by atoms with Gasteiger partial charge >= 0.3 is 0 Å². The van der Waals surface area contributed by atoms with E-state index in [0.717, 1.165) is 5.56 Å². The predicted molar refractivity (Wildman–Crippen MR) is 80.1 cm³/mol. The molecule has 2 rings (SSSR count). The van der Waals surface area contributed by atoms with Crippen LogP contribution in [0.4, 0.5) is 11.5 Å². The monoisotopic (exact) mass is 281 g/mol. The molecule has 0 fully saturated rings. The first-order valence-corrected chi connectivity index (χ1v) is 6.32. The van der Waals surface area contributed by atoms with Gasteiger partial charge in [-0.25, -0.2) is 4.98 Å². The number of nitriles is 1. The van der Waals surface area contributed by atoms with E-state index in [0.29, 0.717) is 23.6 Å². The Morgan fingerprint density at radius 3 is 2.81 bits per heavy atom. The van der Waals surface area contributed by atoms with Crippen molar-refractivity contribution in [3.63, 3.8) is 0 Å². The molecular weight excluding hydrogens is 266 g/mol. The van der Waals surface area contributed by atoms with Gasteiger partial charge in [-0.2, -0.15) is 5.26 Å². The SMILES string of the molecule is N#Cc1ccnc(N(CC(N)=O)Cc2cccc(N)c2)c1. The molecule has 0 spiro atoms. The lowest BCUT2D eigenvalue weighted by Crippen LogP contribution is -2.34. The number of anilines is 2. The van der Waals surface area contributed by atoms with Crippen LogP contribution in [0.5, 0.6) is 0 Å². The Kier molecular flexibility index (Phi) is 4.36. The third kappa shape index (κ3) is 3.94. The molecular formula is C15H15N5O. The van der Waals surface area contributed by atoms with Crippen molar-refractivity contribution in [3.8, 4) is 6.07 Å². The highest BCUT2D eigenvalue weighted by Crippen LogP contribution is 2.16. The fourth-order valence-corrected chi connectivity index (χ4v) is 1.98. The molecule has 1 heterocycles. The number of hydrogen-bond donors (Lipinski definition) is 2.